The number of carbonyl (C=O) groups excluding carboxylic acids is 1. The summed E-state index contributed by atoms with van der Waals surface area (Å²) in [6, 6.07) is 3.91. The number of nitrogens with zero attached hydrogens (tertiary/aromatic N) is 1. The molecular weight excluding hydrogens is 318 g/mol. The van der Waals surface area contributed by atoms with Crippen LogP contribution in [-0.4, -0.2) is 18.5 Å². The molecule has 3 rings (SSSR count). The van der Waals surface area contributed by atoms with Gasteiger partial charge in [0.15, 0.2) is 0 Å². The first-order valence-electron chi connectivity index (χ1n) is 7.14. The van der Waals surface area contributed by atoms with Crippen LogP contribution in [-0.2, 0) is 4.79 Å². The number of nitrogens with two attached hydrogens (primary N) is 1. The topological polar surface area (TPSA) is 58.4 Å². The average molecular weight is 338 g/mol. The van der Waals surface area contributed by atoms with Crippen molar-refractivity contribution < 1.29 is 4.79 Å². The fourth-order valence-corrected chi connectivity index (χ4v) is 3.27. The first-order valence-corrected chi connectivity index (χ1v) is 7.93. The zero-order valence-electron chi connectivity index (χ0n) is 11.8. The molecule has 3 N–H and O–H groups in total. The molecule has 1 saturated carbocycles. The molecule has 20 heavy (non-hydrogen) atoms. The van der Waals surface area contributed by atoms with Crippen LogP contribution >= 0.6 is 15.9 Å². The van der Waals surface area contributed by atoms with Gasteiger partial charge in [-0.3, -0.25) is 4.79 Å². The molecule has 1 heterocycles. The van der Waals surface area contributed by atoms with E-state index in [1.807, 2.05) is 12.1 Å². The van der Waals surface area contributed by atoms with Gasteiger partial charge in [0.05, 0.1) is 5.69 Å². The van der Waals surface area contributed by atoms with Gasteiger partial charge in [-0.1, -0.05) is 0 Å². The number of hydrogen-bond acceptors (Lipinski definition) is 3. The molecule has 5 heteroatoms. The average Bonchev–Trinajstić information content (AvgIpc) is 3.16. The summed E-state index contributed by atoms with van der Waals surface area (Å²) in [5.41, 5.74) is 8.75. The van der Waals surface area contributed by atoms with Gasteiger partial charge in [0.2, 0.25) is 5.91 Å². The molecule has 1 aromatic carbocycles. The lowest BCUT2D eigenvalue weighted by Gasteiger charge is -2.30. The van der Waals surface area contributed by atoms with Gasteiger partial charge < -0.3 is 16.0 Å². The molecule has 1 aromatic rings. The fourth-order valence-electron chi connectivity index (χ4n) is 2.68. The first-order chi connectivity index (χ1) is 9.47. The van der Waals surface area contributed by atoms with Crippen LogP contribution in [0.4, 0.5) is 11.4 Å². The van der Waals surface area contributed by atoms with Crippen LogP contribution in [0.15, 0.2) is 16.6 Å². The van der Waals surface area contributed by atoms with E-state index in [-0.39, 0.29) is 5.91 Å². The number of benzene rings is 1. The van der Waals surface area contributed by atoms with Gasteiger partial charge in [0, 0.05) is 28.3 Å². The van der Waals surface area contributed by atoms with Crippen LogP contribution in [0.25, 0.3) is 0 Å². The summed E-state index contributed by atoms with van der Waals surface area (Å²) in [7, 11) is 0. The third-order valence-electron chi connectivity index (χ3n) is 4.08. The largest absolute Gasteiger partial charge is 0.368 e. The van der Waals surface area contributed by atoms with Gasteiger partial charge in [-0.15, -0.1) is 0 Å². The predicted molar refractivity (Wildman–Crippen MR) is 84.9 cm³/mol. The lowest BCUT2D eigenvalue weighted by atomic mass is 10.1. The van der Waals surface area contributed by atoms with E-state index in [4.69, 9.17) is 5.73 Å². The summed E-state index contributed by atoms with van der Waals surface area (Å²) in [4.78, 5) is 14.1. The van der Waals surface area contributed by atoms with Crippen molar-refractivity contribution in [2.24, 2.45) is 11.7 Å². The van der Waals surface area contributed by atoms with Crippen molar-refractivity contribution in [1.82, 2.24) is 0 Å². The number of rotatable bonds is 4. The molecular formula is C15H20BrN3O. The summed E-state index contributed by atoms with van der Waals surface area (Å²) in [5, 5.41) is 2.87. The van der Waals surface area contributed by atoms with E-state index in [9.17, 15) is 4.79 Å². The second kappa shape index (κ2) is 5.04. The molecule has 1 aliphatic heterocycles. The minimum atomic E-state index is -0.550. The van der Waals surface area contributed by atoms with E-state index in [0.29, 0.717) is 6.04 Å². The maximum absolute atomic E-state index is 11.7. The first kappa shape index (κ1) is 13.9. The predicted octanol–water partition coefficient (Wildman–Crippen LogP) is 3.03. The normalized spacial score (nSPS) is 21.1. The Morgan fingerprint density at radius 1 is 1.45 bits per heavy atom. The van der Waals surface area contributed by atoms with E-state index in [1.165, 1.54) is 12.8 Å². The highest BCUT2D eigenvalue weighted by molar-refractivity contribution is 9.10. The maximum Gasteiger partial charge on any atom is 0.245 e. The summed E-state index contributed by atoms with van der Waals surface area (Å²) >= 11 is 3.64. The minimum Gasteiger partial charge on any atom is -0.368 e. The molecule has 0 bridgehead atoms. The molecule has 0 radical (unpaired) electrons. The third kappa shape index (κ3) is 2.44. The quantitative estimate of drug-likeness (QED) is 0.887. The summed E-state index contributed by atoms with van der Waals surface area (Å²) in [6.45, 7) is 5.48. The Morgan fingerprint density at radius 3 is 2.75 bits per heavy atom. The maximum atomic E-state index is 11.7. The van der Waals surface area contributed by atoms with Crippen molar-refractivity contribution in [2.45, 2.75) is 38.8 Å². The van der Waals surface area contributed by atoms with Crippen LogP contribution in [0.5, 0.6) is 0 Å². The summed E-state index contributed by atoms with van der Waals surface area (Å²) in [6.07, 6.45) is 2.65. The Labute approximate surface area is 127 Å². The Bertz CT molecular complexity index is 554. The highest BCUT2D eigenvalue weighted by Gasteiger charge is 2.31. The molecule has 0 saturated heterocycles. The van der Waals surface area contributed by atoms with Crippen molar-refractivity contribution in [3.8, 4) is 0 Å². The lowest BCUT2D eigenvalue weighted by molar-refractivity contribution is -0.116. The molecule has 0 spiro atoms. The van der Waals surface area contributed by atoms with Crippen molar-refractivity contribution in [2.75, 3.05) is 16.8 Å². The molecule has 0 aromatic heterocycles. The summed E-state index contributed by atoms with van der Waals surface area (Å²) < 4.78 is 1.01. The van der Waals surface area contributed by atoms with E-state index < -0.39 is 6.04 Å². The second-order valence-electron chi connectivity index (χ2n) is 6.05. The molecule has 1 atom stereocenters. The van der Waals surface area contributed by atoms with E-state index in [2.05, 4.69) is 40.0 Å². The summed E-state index contributed by atoms with van der Waals surface area (Å²) in [5.74, 6) is 0.691. The van der Waals surface area contributed by atoms with E-state index >= 15 is 0 Å². The fraction of sp³-hybridized carbons (Fsp3) is 0.533. The van der Waals surface area contributed by atoms with Gasteiger partial charge in [0.25, 0.3) is 0 Å². The van der Waals surface area contributed by atoms with Crippen LogP contribution in [0.2, 0.25) is 0 Å². The standard InChI is InChI=1S/C15H20BrN3O/c1-8(2)19(7-9-3-4-9)13-6-12-10(5-11(13)16)14(17)15(20)18-12/h5-6,8-9,14H,3-4,7,17H2,1-2H3,(H,18,20). The van der Waals surface area contributed by atoms with Crippen molar-refractivity contribution in [3.05, 3.63) is 22.2 Å². The Kier molecular flexibility index (Phi) is 3.50. The molecule has 2 aliphatic rings. The van der Waals surface area contributed by atoms with Crippen molar-refractivity contribution in [1.29, 1.82) is 0 Å². The van der Waals surface area contributed by atoms with Crippen molar-refractivity contribution >= 4 is 33.2 Å². The highest BCUT2D eigenvalue weighted by Crippen LogP contribution is 2.40. The number of fused-ring (bicyclic) bond motifs is 1. The van der Waals surface area contributed by atoms with Gasteiger partial charge in [-0.25, -0.2) is 0 Å². The highest BCUT2D eigenvalue weighted by atomic mass is 79.9. The van der Waals surface area contributed by atoms with Gasteiger partial charge in [-0.05, 0) is 60.7 Å². The SMILES string of the molecule is CC(C)N(CC1CC1)c1cc2c(cc1Br)C(N)C(=O)N2. The smallest absolute Gasteiger partial charge is 0.245 e. The third-order valence-corrected chi connectivity index (χ3v) is 4.71. The van der Waals surface area contributed by atoms with Gasteiger partial charge >= 0.3 is 0 Å². The Hall–Kier alpha value is -1.07. The molecule has 1 amide bonds. The molecule has 1 aliphatic carbocycles. The van der Waals surface area contributed by atoms with Crippen LogP contribution in [0.1, 0.15) is 38.3 Å². The molecule has 1 unspecified atom stereocenters. The number of amides is 1. The Balaban J connectivity index is 1.96. The number of hydrogen-bond donors (Lipinski definition) is 2. The van der Waals surface area contributed by atoms with Crippen LogP contribution in [0, 0.1) is 5.92 Å². The van der Waals surface area contributed by atoms with Gasteiger partial charge in [0.1, 0.15) is 6.04 Å². The Morgan fingerprint density at radius 2 is 2.15 bits per heavy atom. The second-order valence-corrected chi connectivity index (χ2v) is 6.90. The number of anilines is 2. The zero-order valence-corrected chi connectivity index (χ0v) is 13.4. The molecule has 4 nitrogen and oxygen atoms in total. The van der Waals surface area contributed by atoms with E-state index in [1.54, 1.807) is 0 Å². The minimum absolute atomic E-state index is 0.123. The van der Waals surface area contributed by atoms with Crippen molar-refractivity contribution in [3.63, 3.8) is 0 Å². The molecule has 108 valence electrons. The monoisotopic (exact) mass is 337 g/mol. The lowest BCUT2D eigenvalue weighted by Crippen LogP contribution is -2.33. The van der Waals surface area contributed by atoms with Crippen LogP contribution in [0.3, 0.4) is 0 Å². The van der Waals surface area contributed by atoms with Crippen LogP contribution < -0.4 is 16.0 Å². The number of nitrogens with one attached hydrogen (secondary N) is 1. The van der Waals surface area contributed by atoms with Gasteiger partial charge in [-0.2, -0.15) is 0 Å². The molecule has 1 fully saturated rings. The van der Waals surface area contributed by atoms with E-state index in [0.717, 1.165) is 33.9 Å². The zero-order chi connectivity index (χ0) is 14.4. The number of halogens is 1. The number of carbonyl (C=O) groups is 1.